The Morgan fingerprint density at radius 1 is 1.15 bits per heavy atom. The normalized spacial score (nSPS) is 17.7. The quantitative estimate of drug-likeness (QED) is 0.490. The summed E-state index contributed by atoms with van der Waals surface area (Å²) in [5, 5.41) is 26.1. The Morgan fingerprint density at radius 2 is 1.81 bits per heavy atom. The number of nitrogens with zero attached hydrogens (tertiary/aromatic N) is 2. The van der Waals surface area contributed by atoms with Crippen molar-refractivity contribution in [1.29, 1.82) is 0 Å². The number of pyridine rings is 1. The summed E-state index contributed by atoms with van der Waals surface area (Å²) in [6, 6.07) is 7.34. The molecule has 1 aliphatic heterocycles. The second-order valence-corrected chi connectivity index (χ2v) is 5.85. The maximum atomic E-state index is 11.7. The second kappa shape index (κ2) is 12.3. The zero-order chi connectivity index (χ0) is 20.2. The summed E-state index contributed by atoms with van der Waals surface area (Å²) in [6.45, 7) is 4.56. The van der Waals surface area contributed by atoms with Crippen molar-refractivity contribution in [1.82, 2.24) is 15.0 Å². The monoisotopic (exact) mass is 395 g/mol. The molecular formula is C18H25N3O5S. The van der Waals surface area contributed by atoms with Gasteiger partial charge in [-0.2, -0.15) is 0 Å². The molecule has 4 rings (SSSR count). The van der Waals surface area contributed by atoms with Gasteiger partial charge in [0.2, 0.25) is 0 Å². The molecule has 3 aromatic rings. The van der Waals surface area contributed by atoms with Crippen molar-refractivity contribution < 1.29 is 20.1 Å². The first-order chi connectivity index (χ1) is 13.1. The molecule has 1 saturated heterocycles. The molecule has 0 bridgehead atoms. The predicted octanol–water partition coefficient (Wildman–Crippen LogP) is 1.42. The minimum absolute atomic E-state index is 0.111. The van der Waals surface area contributed by atoms with Gasteiger partial charge in [0.25, 0.3) is 5.56 Å². The van der Waals surface area contributed by atoms with Crippen LogP contribution in [-0.4, -0.2) is 62.8 Å². The topological polar surface area (TPSA) is 129 Å². The number of ether oxygens (including phenoxy) is 1. The molecule has 4 heterocycles. The van der Waals surface area contributed by atoms with Crippen molar-refractivity contribution in [2.45, 2.75) is 26.1 Å². The number of H-pyrrole nitrogens is 1. The fourth-order valence-electron chi connectivity index (χ4n) is 2.03. The lowest BCUT2D eigenvalue weighted by molar-refractivity contribution is 0.0572. The summed E-state index contributed by atoms with van der Waals surface area (Å²) in [7, 11) is 1.00. The van der Waals surface area contributed by atoms with E-state index in [1.807, 2.05) is 43.5 Å². The van der Waals surface area contributed by atoms with Gasteiger partial charge in [-0.1, -0.05) is 19.9 Å². The summed E-state index contributed by atoms with van der Waals surface area (Å²) in [5.41, 5.74) is 1.28. The van der Waals surface area contributed by atoms with Crippen molar-refractivity contribution >= 4 is 21.6 Å². The predicted molar refractivity (Wildman–Crippen MR) is 106 cm³/mol. The average molecular weight is 395 g/mol. The molecule has 1 fully saturated rings. The number of hydrogen-bond acceptors (Lipinski definition) is 8. The fraction of sp³-hybridized carbons (Fsp3) is 0.389. The van der Waals surface area contributed by atoms with Gasteiger partial charge in [-0.25, -0.2) is 4.98 Å². The van der Waals surface area contributed by atoms with Crippen molar-refractivity contribution in [3.05, 3.63) is 46.2 Å². The Labute approximate surface area is 161 Å². The maximum Gasteiger partial charge on any atom is 0.269 e. The van der Waals surface area contributed by atoms with E-state index in [-0.39, 0.29) is 18.8 Å². The number of aliphatic hydroxyl groups is 3. The van der Waals surface area contributed by atoms with E-state index in [0.29, 0.717) is 16.2 Å². The first kappa shape index (κ1) is 22.9. The standard InChI is InChI=1S/C11H7N3OS.C4H8O3.C2H6.CH4O/c15-11-9-7(4-6-16-9)13-10(14-11)8-3-1-2-5-12-8;5-3-1-7-2-4(3)6;2*1-2/h1-6H,(H,13,14,15);3-6H,1-2H2;1-2H3;2H,1H3. The van der Waals surface area contributed by atoms with Gasteiger partial charge in [0.05, 0.1) is 18.7 Å². The Bertz CT molecular complexity index is 830. The highest BCUT2D eigenvalue weighted by Gasteiger charge is 2.22. The molecule has 4 N–H and O–H groups in total. The molecule has 0 saturated carbocycles. The highest BCUT2D eigenvalue weighted by atomic mass is 32.1. The molecule has 0 spiro atoms. The molecule has 0 aromatic carbocycles. The minimum atomic E-state index is -0.653. The highest BCUT2D eigenvalue weighted by molar-refractivity contribution is 7.17. The van der Waals surface area contributed by atoms with Crippen LogP contribution in [0.25, 0.3) is 21.7 Å². The van der Waals surface area contributed by atoms with Crippen LogP contribution in [0.15, 0.2) is 40.6 Å². The summed E-state index contributed by atoms with van der Waals surface area (Å²) in [6.07, 6.45) is 0.368. The lowest BCUT2D eigenvalue weighted by Crippen LogP contribution is -2.22. The number of aromatic amines is 1. The van der Waals surface area contributed by atoms with Gasteiger partial charge < -0.3 is 25.0 Å². The van der Waals surface area contributed by atoms with Crippen LogP contribution in [0.2, 0.25) is 0 Å². The van der Waals surface area contributed by atoms with Gasteiger partial charge in [-0.3, -0.25) is 9.78 Å². The third-order valence-electron chi connectivity index (χ3n) is 3.24. The summed E-state index contributed by atoms with van der Waals surface area (Å²) >= 11 is 1.39. The molecule has 9 heteroatoms. The number of rotatable bonds is 1. The van der Waals surface area contributed by atoms with Crippen LogP contribution in [0.5, 0.6) is 0 Å². The maximum absolute atomic E-state index is 11.7. The van der Waals surface area contributed by atoms with Crippen LogP contribution in [0.3, 0.4) is 0 Å². The molecule has 0 radical (unpaired) electrons. The van der Waals surface area contributed by atoms with E-state index in [1.54, 1.807) is 6.20 Å². The molecule has 3 aromatic heterocycles. The van der Waals surface area contributed by atoms with E-state index in [4.69, 9.17) is 15.3 Å². The Hall–Kier alpha value is -2.17. The Kier molecular flexibility index (Phi) is 10.4. The van der Waals surface area contributed by atoms with E-state index in [1.165, 1.54) is 11.3 Å². The van der Waals surface area contributed by atoms with Gasteiger partial charge in [-0.05, 0) is 23.6 Å². The van der Waals surface area contributed by atoms with Crippen LogP contribution in [-0.2, 0) is 4.74 Å². The number of hydrogen-bond donors (Lipinski definition) is 4. The zero-order valence-electron chi connectivity index (χ0n) is 15.5. The van der Waals surface area contributed by atoms with E-state index in [2.05, 4.69) is 19.7 Å². The summed E-state index contributed by atoms with van der Waals surface area (Å²) < 4.78 is 5.32. The lowest BCUT2D eigenvalue weighted by atomic mass is 10.3. The number of aromatic nitrogens is 3. The SMILES string of the molecule is CC.CO.O=c1[nH]c(-c2ccccn2)nc2ccsc12.OC1COCC1O. The van der Waals surface area contributed by atoms with Crippen molar-refractivity contribution in [2.24, 2.45) is 0 Å². The van der Waals surface area contributed by atoms with Gasteiger partial charge >= 0.3 is 0 Å². The van der Waals surface area contributed by atoms with Crippen LogP contribution in [0, 0.1) is 0 Å². The Morgan fingerprint density at radius 3 is 2.33 bits per heavy atom. The van der Waals surface area contributed by atoms with Crippen molar-refractivity contribution in [3.8, 4) is 11.5 Å². The number of nitrogens with one attached hydrogen (secondary N) is 1. The molecule has 1 aliphatic rings. The van der Waals surface area contributed by atoms with Crippen LogP contribution < -0.4 is 5.56 Å². The number of fused-ring (bicyclic) bond motifs is 1. The molecular weight excluding hydrogens is 370 g/mol. The molecule has 2 atom stereocenters. The largest absolute Gasteiger partial charge is 0.400 e. The van der Waals surface area contributed by atoms with Crippen molar-refractivity contribution in [2.75, 3.05) is 20.3 Å². The first-order valence-electron chi connectivity index (χ1n) is 8.42. The van der Waals surface area contributed by atoms with Gasteiger partial charge in [0, 0.05) is 13.3 Å². The number of thiophene rings is 1. The first-order valence-corrected chi connectivity index (χ1v) is 9.30. The smallest absolute Gasteiger partial charge is 0.269 e. The van der Waals surface area contributed by atoms with Gasteiger partial charge in [-0.15, -0.1) is 11.3 Å². The van der Waals surface area contributed by atoms with Gasteiger partial charge in [0.15, 0.2) is 5.82 Å². The lowest BCUT2D eigenvalue weighted by Gasteiger charge is -2.00. The zero-order valence-corrected chi connectivity index (χ0v) is 16.3. The van der Waals surface area contributed by atoms with E-state index < -0.39 is 12.2 Å². The van der Waals surface area contributed by atoms with E-state index in [9.17, 15) is 4.79 Å². The van der Waals surface area contributed by atoms with E-state index in [0.717, 1.165) is 12.6 Å². The van der Waals surface area contributed by atoms with E-state index >= 15 is 0 Å². The minimum Gasteiger partial charge on any atom is -0.400 e. The molecule has 0 amide bonds. The van der Waals surface area contributed by atoms with Crippen LogP contribution >= 0.6 is 11.3 Å². The number of aliphatic hydroxyl groups excluding tert-OH is 3. The highest BCUT2D eigenvalue weighted by Crippen LogP contribution is 2.17. The third kappa shape index (κ3) is 6.49. The molecule has 148 valence electrons. The van der Waals surface area contributed by atoms with Gasteiger partial charge in [0.1, 0.15) is 22.6 Å². The van der Waals surface area contributed by atoms with Crippen LogP contribution in [0.1, 0.15) is 13.8 Å². The molecule has 27 heavy (non-hydrogen) atoms. The average Bonchev–Trinajstić information content (AvgIpc) is 3.35. The summed E-state index contributed by atoms with van der Waals surface area (Å²) in [4.78, 5) is 23.0. The third-order valence-corrected chi connectivity index (χ3v) is 4.15. The molecule has 2 unspecified atom stereocenters. The Balaban J connectivity index is 0.000000279. The van der Waals surface area contributed by atoms with Crippen molar-refractivity contribution in [3.63, 3.8) is 0 Å². The fourth-order valence-corrected chi connectivity index (χ4v) is 2.75. The molecule has 8 nitrogen and oxygen atoms in total. The summed E-state index contributed by atoms with van der Waals surface area (Å²) in [5.74, 6) is 0.511. The second-order valence-electron chi connectivity index (χ2n) is 4.94. The van der Waals surface area contributed by atoms with Crippen LogP contribution in [0.4, 0.5) is 0 Å². The molecule has 0 aliphatic carbocycles.